The maximum atomic E-state index is 10.7. The van der Waals surface area contributed by atoms with Crippen molar-refractivity contribution in [3.8, 4) is 0 Å². The summed E-state index contributed by atoms with van der Waals surface area (Å²) < 4.78 is 0. The fourth-order valence-corrected chi connectivity index (χ4v) is 1.20. The lowest BCUT2D eigenvalue weighted by Crippen LogP contribution is -2.09. The van der Waals surface area contributed by atoms with Gasteiger partial charge in [-0.05, 0) is 12.8 Å². The Morgan fingerprint density at radius 3 is 2.27 bits per heavy atom. The second-order valence-electron chi connectivity index (χ2n) is 4.09. The molecule has 0 aliphatic carbocycles. The van der Waals surface area contributed by atoms with Crippen LogP contribution in [0.5, 0.6) is 0 Å². The lowest BCUT2D eigenvalue weighted by molar-refractivity contribution is -0.138. The Bertz CT molecular complexity index is 333. The monoisotopic (exact) mass is 208 g/mol. The van der Waals surface area contributed by atoms with E-state index in [4.69, 9.17) is 5.11 Å². The van der Waals surface area contributed by atoms with Gasteiger partial charge in [0.1, 0.15) is 5.82 Å². The summed E-state index contributed by atoms with van der Waals surface area (Å²) in [5.74, 6) is -0.118. The van der Waals surface area contributed by atoms with Gasteiger partial charge in [0.15, 0.2) is 0 Å². The molecule has 0 aromatic carbocycles. The molecule has 0 unspecified atom stereocenters. The average molecular weight is 208 g/mol. The Labute approximate surface area is 89.4 Å². The highest BCUT2D eigenvalue weighted by molar-refractivity contribution is 5.75. The summed E-state index contributed by atoms with van der Waals surface area (Å²) in [6, 6.07) is 0. The van der Waals surface area contributed by atoms with Crippen molar-refractivity contribution < 1.29 is 9.90 Å². The fraction of sp³-hybridized carbons (Fsp3) is 0.545. The Hall–Kier alpha value is -1.45. The second-order valence-corrected chi connectivity index (χ2v) is 4.09. The maximum absolute atomic E-state index is 10.7. The van der Waals surface area contributed by atoms with E-state index < -0.39 is 11.9 Å². The summed E-state index contributed by atoms with van der Waals surface area (Å²) in [5, 5.41) is 8.79. The lowest BCUT2D eigenvalue weighted by atomic mass is 10.1. The van der Waals surface area contributed by atoms with E-state index in [9.17, 15) is 4.79 Å². The molecule has 15 heavy (non-hydrogen) atoms. The van der Waals surface area contributed by atoms with Crippen molar-refractivity contribution in [1.82, 2.24) is 9.97 Å². The molecule has 1 heterocycles. The molecular weight excluding hydrogens is 192 g/mol. The number of hydrogen-bond acceptors (Lipinski definition) is 3. The van der Waals surface area contributed by atoms with E-state index in [0.29, 0.717) is 11.5 Å². The summed E-state index contributed by atoms with van der Waals surface area (Å²) in [4.78, 5) is 19.0. The summed E-state index contributed by atoms with van der Waals surface area (Å²) in [5.41, 5.74) is 0.648. The zero-order valence-corrected chi connectivity index (χ0v) is 9.27. The van der Waals surface area contributed by atoms with E-state index in [1.54, 1.807) is 19.3 Å². The number of rotatable bonds is 4. The summed E-state index contributed by atoms with van der Waals surface area (Å²) >= 11 is 0. The van der Waals surface area contributed by atoms with Crippen LogP contribution in [-0.2, 0) is 11.2 Å². The van der Waals surface area contributed by atoms with Crippen LogP contribution in [-0.4, -0.2) is 21.0 Å². The predicted molar refractivity (Wildman–Crippen MR) is 56.6 cm³/mol. The number of aliphatic carboxylic acids is 1. The molecule has 1 rings (SSSR count). The summed E-state index contributed by atoms with van der Waals surface area (Å²) in [6.45, 7) is 5.82. The van der Waals surface area contributed by atoms with E-state index >= 15 is 0 Å². The van der Waals surface area contributed by atoms with E-state index in [0.717, 1.165) is 12.2 Å². The number of aromatic nitrogens is 2. The van der Waals surface area contributed by atoms with Gasteiger partial charge in [-0.25, -0.2) is 9.97 Å². The van der Waals surface area contributed by atoms with Gasteiger partial charge in [-0.2, -0.15) is 0 Å². The molecule has 0 bridgehead atoms. The summed E-state index contributed by atoms with van der Waals surface area (Å²) in [6.07, 6.45) is 4.02. The first-order valence-corrected chi connectivity index (χ1v) is 5.04. The highest BCUT2D eigenvalue weighted by Gasteiger charge is 2.14. The number of nitrogens with zero attached hydrogens (tertiary/aromatic N) is 2. The normalized spacial score (nSPS) is 12.8. The third-order valence-corrected chi connectivity index (χ3v) is 2.19. The third kappa shape index (κ3) is 3.31. The highest BCUT2D eigenvalue weighted by Crippen LogP contribution is 2.13. The first-order valence-electron chi connectivity index (χ1n) is 5.04. The molecular formula is C11H16N2O2. The molecule has 1 aromatic heterocycles. The number of carbonyl (C=O) groups is 1. The molecule has 4 nitrogen and oxygen atoms in total. The van der Waals surface area contributed by atoms with Crippen LogP contribution in [0.1, 0.15) is 38.1 Å². The van der Waals surface area contributed by atoms with E-state index in [1.165, 1.54) is 0 Å². The molecule has 0 aliphatic rings. The number of hydrogen-bond donors (Lipinski definition) is 1. The van der Waals surface area contributed by atoms with Crippen LogP contribution in [0, 0.1) is 5.92 Å². The van der Waals surface area contributed by atoms with Crippen LogP contribution in [0.15, 0.2) is 12.4 Å². The minimum absolute atomic E-state index is 0.507. The van der Waals surface area contributed by atoms with E-state index in [2.05, 4.69) is 23.8 Å². The standard InChI is InChI=1S/C11H16N2O2/c1-7(2)4-10-12-5-9(6-13-10)8(3)11(14)15/h5-8H,4H2,1-3H3,(H,14,15)/t8-/m0/s1. The van der Waals surface area contributed by atoms with Gasteiger partial charge in [0.05, 0.1) is 5.92 Å². The van der Waals surface area contributed by atoms with Crippen LogP contribution >= 0.6 is 0 Å². The highest BCUT2D eigenvalue weighted by atomic mass is 16.4. The van der Waals surface area contributed by atoms with Gasteiger partial charge in [-0.1, -0.05) is 13.8 Å². The van der Waals surface area contributed by atoms with Gasteiger partial charge < -0.3 is 5.11 Å². The van der Waals surface area contributed by atoms with Crippen molar-refractivity contribution in [2.75, 3.05) is 0 Å². The minimum Gasteiger partial charge on any atom is -0.481 e. The quantitative estimate of drug-likeness (QED) is 0.820. The van der Waals surface area contributed by atoms with Gasteiger partial charge in [-0.3, -0.25) is 4.79 Å². The van der Waals surface area contributed by atoms with E-state index in [-0.39, 0.29) is 0 Å². The smallest absolute Gasteiger partial charge is 0.310 e. The SMILES string of the molecule is CC(C)Cc1ncc([C@H](C)C(=O)O)cn1. The van der Waals surface area contributed by atoms with Crippen molar-refractivity contribution >= 4 is 5.97 Å². The molecule has 0 spiro atoms. The molecule has 0 fully saturated rings. The number of carboxylic acids is 1. The van der Waals surface area contributed by atoms with Crippen LogP contribution in [0.2, 0.25) is 0 Å². The van der Waals surface area contributed by atoms with Crippen LogP contribution < -0.4 is 0 Å². The molecule has 82 valence electrons. The van der Waals surface area contributed by atoms with Crippen molar-refractivity contribution in [3.63, 3.8) is 0 Å². The van der Waals surface area contributed by atoms with Crippen molar-refractivity contribution in [3.05, 3.63) is 23.8 Å². The first-order chi connectivity index (χ1) is 7.00. The zero-order chi connectivity index (χ0) is 11.4. The largest absolute Gasteiger partial charge is 0.481 e. The fourth-order valence-electron chi connectivity index (χ4n) is 1.20. The molecule has 0 saturated carbocycles. The van der Waals surface area contributed by atoms with Crippen LogP contribution in [0.3, 0.4) is 0 Å². The van der Waals surface area contributed by atoms with Crippen molar-refractivity contribution in [2.45, 2.75) is 33.1 Å². The third-order valence-electron chi connectivity index (χ3n) is 2.19. The zero-order valence-electron chi connectivity index (χ0n) is 9.27. The van der Waals surface area contributed by atoms with E-state index in [1.807, 2.05) is 0 Å². The molecule has 0 aliphatic heterocycles. The van der Waals surface area contributed by atoms with Gasteiger partial charge >= 0.3 is 5.97 Å². The van der Waals surface area contributed by atoms with Gasteiger partial charge in [0.2, 0.25) is 0 Å². The average Bonchev–Trinajstić information content (AvgIpc) is 2.17. The molecule has 0 saturated heterocycles. The van der Waals surface area contributed by atoms with Crippen molar-refractivity contribution in [2.24, 2.45) is 5.92 Å². The van der Waals surface area contributed by atoms with Crippen LogP contribution in [0.4, 0.5) is 0 Å². The molecule has 0 radical (unpaired) electrons. The topological polar surface area (TPSA) is 63.1 Å². The Morgan fingerprint density at radius 1 is 1.33 bits per heavy atom. The minimum atomic E-state index is -0.852. The molecule has 0 amide bonds. The Kier molecular flexibility index (Phi) is 3.77. The summed E-state index contributed by atoms with van der Waals surface area (Å²) in [7, 11) is 0. The predicted octanol–water partition coefficient (Wildman–Crippen LogP) is 1.86. The molecule has 4 heteroatoms. The van der Waals surface area contributed by atoms with Gasteiger partial charge in [0, 0.05) is 24.4 Å². The second kappa shape index (κ2) is 4.87. The Balaban J connectivity index is 2.76. The maximum Gasteiger partial charge on any atom is 0.310 e. The first kappa shape index (κ1) is 11.6. The number of carboxylic acid groups (broad SMARTS) is 1. The van der Waals surface area contributed by atoms with Crippen molar-refractivity contribution in [1.29, 1.82) is 0 Å². The lowest BCUT2D eigenvalue weighted by Gasteiger charge is -2.07. The molecule has 1 atom stereocenters. The van der Waals surface area contributed by atoms with Crippen LogP contribution in [0.25, 0.3) is 0 Å². The molecule has 1 N–H and O–H groups in total. The van der Waals surface area contributed by atoms with Gasteiger partial charge in [-0.15, -0.1) is 0 Å². The van der Waals surface area contributed by atoms with Gasteiger partial charge in [0.25, 0.3) is 0 Å². The molecule has 1 aromatic rings. The Morgan fingerprint density at radius 2 is 1.87 bits per heavy atom.